The number of hydrogen-bond acceptors (Lipinski definition) is 2. The van der Waals surface area contributed by atoms with Crippen molar-refractivity contribution in [2.45, 2.75) is 25.7 Å². The van der Waals surface area contributed by atoms with Gasteiger partial charge in [-0.1, -0.05) is 18.2 Å². The third kappa shape index (κ3) is 1.65. The van der Waals surface area contributed by atoms with Gasteiger partial charge in [0, 0.05) is 19.5 Å². The van der Waals surface area contributed by atoms with Gasteiger partial charge in [0.05, 0.1) is 5.69 Å². The summed E-state index contributed by atoms with van der Waals surface area (Å²) in [7, 11) is 0. The van der Waals surface area contributed by atoms with E-state index in [2.05, 4.69) is 29.2 Å². The van der Waals surface area contributed by atoms with Crippen LogP contribution in [-0.4, -0.2) is 23.8 Å². The molecule has 0 aliphatic carbocycles. The molecule has 0 bridgehead atoms. The van der Waals surface area contributed by atoms with E-state index in [4.69, 9.17) is 4.99 Å². The van der Waals surface area contributed by atoms with Crippen molar-refractivity contribution in [2.24, 2.45) is 4.99 Å². The SMILES string of the molecule is c1ccc2c(c1)CCC(N1CCCC1)=N2. The van der Waals surface area contributed by atoms with E-state index < -0.39 is 0 Å². The Morgan fingerprint density at radius 1 is 1.00 bits per heavy atom. The Labute approximate surface area is 90.6 Å². The molecular formula is C13H16N2. The van der Waals surface area contributed by atoms with E-state index in [-0.39, 0.29) is 0 Å². The fourth-order valence-electron chi connectivity index (χ4n) is 2.48. The molecule has 3 rings (SSSR count). The number of nitrogens with zero attached hydrogens (tertiary/aromatic N) is 2. The maximum Gasteiger partial charge on any atom is 0.105 e. The van der Waals surface area contributed by atoms with E-state index >= 15 is 0 Å². The molecule has 0 amide bonds. The molecule has 2 nitrogen and oxygen atoms in total. The van der Waals surface area contributed by atoms with Crippen molar-refractivity contribution in [2.75, 3.05) is 13.1 Å². The van der Waals surface area contributed by atoms with Gasteiger partial charge in [0.1, 0.15) is 5.84 Å². The van der Waals surface area contributed by atoms with E-state index in [9.17, 15) is 0 Å². The lowest BCUT2D eigenvalue weighted by atomic mass is 10.0. The lowest BCUT2D eigenvalue weighted by molar-refractivity contribution is 0.504. The first-order valence-corrected chi connectivity index (χ1v) is 5.84. The lowest BCUT2D eigenvalue weighted by Crippen LogP contribution is -2.29. The fraction of sp³-hybridized carbons (Fsp3) is 0.462. The molecule has 0 spiro atoms. The molecule has 0 unspecified atom stereocenters. The van der Waals surface area contributed by atoms with Crippen molar-refractivity contribution in [1.82, 2.24) is 4.90 Å². The second-order valence-electron chi connectivity index (χ2n) is 4.35. The molecule has 1 aromatic rings. The zero-order valence-electron chi connectivity index (χ0n) is 8.95. The van der Waals surface area contributed by atoms with Crippen LogP contribution in [0.15, 0.2) is 29.3 Å². The summed E-state index contributed by atoms with van der Waals surface area (Å²) < 4.78 is 0. The highest BCUT2D eigenvalue weighted by Crippen LogP contribution is 2.27. The van der Waals surface area contributed by atoms with Crippen molar-refractivity contribution in [1.29, 1.82) is 0 Å². The van der Waals surface area contributed by atoms with Crippen molar-refractivity contribution < 1.29 is 0 Å². The molecule has 1 aromatic carbocycles. The Bertz CT molecular complexity index is 389. The summed E-state index contributed by atoms with van der Waals surface area (Å²) >= 11 is 0. The highest BCUT2D eigenvalue weighted by atomic mass is 15.2. The van der Waals surface area contributed by atoms with Crippen LogP contribution >= 0.6 is 0 Å². The van der Waals surface area contributed by atoms with E-state index in [1.54, 1.807) is 0 Å². The summed E-state index contributed by atoms with van der Waals surface area (Å²) in [5, 5.41) is 0. The van der Waals surface area contributed by atoms with Gasteiger partial charge in [0.2, 0.25) is 0 Å². The number of fused-ring (bicyclic) bond motifs is 1. The zero-order chi connectivity index (χ0) is 10.1. The highest BCUT2D eigenvalue weighted by Gasteiger charge is 2.19. The second-order valence-corrected chi connectivity index (χ2v) is 4.35. The molecule has 2 aliphatic heterocycles. The quantitative estimate of drug-likeness (QED) is 0.628. The van der Waals surface area contributed by atoms with Crippen LogP contribution in [0.25, 0.3) is 0 Å². The van der Waals surface area contributed by atoms with Crippen LogP contribution in [0.4, 0.5) is 5.69 Å². The molecular weight excluding hydrogens is 184 g/mol. The van der Waals surface area contributed by atoms with Crippen LogP contribution in [0.3, 0.4) is 0 Å². The standard InChI is InChI=1S/C13H16N2/c1-2-6-12-11(5-1)7-8-13(14-12)15-9-3-4-10-15/h1-2,5-6H,3-4,7-10H2. The van der Waals surface area contributed by atoms with Crippen LogP contribution in [0.1, 0.15) is 24.8 Å². The molecule has 1 saturated heterocycles. The Kier molecular flexibility index (Phi) is 2.20. The average molecular weight is 200 g/mol. The summed E-state index contributed by atoms with van der Waals surface area (Å²) in [5.41, 5.74) is 2.59. The van der Waals surface area contributed by atoms with Crippen LogP contribution in [-0.2, 0) is 6.42 Å². The van der Waals surface area contributed by atoms with Gasteiger partial charge in [0.15, 0.2) is 0 Å². The third-order valence-corrected chi connectivity index (χ3v) is 3.33. The van der Waals surface area contributed by atoms with Gasteiger partial charge in [0.25, 0.3) is 0 Å². The van der Waals surface area contributed by atoms with Gasteiger partial charge < -0.3 is 4.90 Å². The van der Waals surface area contributed by atoms with Crippen LogP contribution < -0.4 is 0 Å². The first kappa shape index (κ1) is 8.96. The number of likely N-dealkylation sites (tertiary alicyclic amines) is 1. The number of aliphatic imine (C=N–C) groups is 1. The van der Waals surface area contributed by atoms with Crippen LogP contribution in [0.2, 0.25) is 0 Å². The van der Waals surface area contributed by atoms with Crippen LogP contribution in [0.5, 0.6) is 0 Å². The normalized spacial score (nSPS) is 20.0. The third-order valence-electron chi connectivity index (χ3n) is 3.33. The summed E-state index contributed by atoms with van der Waals surface area (Å²) in [6.45, 7) is 2.42. The van der Waals surface area contributed by atoms with E-state index in [1.165, 1.54) is 43.0 Å². The summed E-state index contributed by atoms with van der Waals surface area (Å²) in [6.07, 6.45) is 4.95. The van der Waals surface area contributed by atoms with E-state index in [0.717, 1.165) is 12.8 Å². The van der Waals surface area contributed by atoms with Crippen molar-refractivity contribution in [3.05, 3.63) is 29.8 Å². The second kappa shape index (κ2) is 3.69. The number of rotatable bonds is 0. The molecule has 2 aliphatic rings. The smallest absolute Gasteiger partial charge is 0.105 e. The highest BCUT2D eigenvalue weighted by molar-refractivity contribution is 5.87. The molecule has 0 atom stereocenters. The molecule has 78 valence electrons. The number of benzene rings is 1. The molecule has 0 N–H and O–H groups in total. The number of aryl methyl sites for hydroxylation is 1. The van der Waals surface area contributed by atoms with Gasteiger partial charge in [-0.15, -0.1) is 0 Å². The molecule has 2 heteroatoms. The zero-order valence-corrected chi connectivity index (χ0v) is 8.95. The number of hydrogen-bond donors (Lipinski definition) is 0. The molecule has 0 saturated carbocycles. The molecule has 0 aromatic heterocycles. The van der Waals surface area contributed by atoms with E-state index in [1.807, 2.05) is 0 Å². The maximum absolute atomic E-state index is 4.77. The number of amidine groups is 1. The Balaban J connectivity index is 1.91. The first-order valence-electron chi connectivity index (χ1n) is 5.84. The molecule has 15 heavy (non-hydrogen) atoms. The monoisotopic (exact) mass is 200 g/mol. The summed E-state index contributed by atoms with van der Waals surface area (Å²) in [5.74, 6) is 1.31. The average Bonchev–Trinajstić information content (AvgIpc) is 2.82. The van der Waals surface area contributed by atoms with Gasteiger partial charge >= 0.3 is 0 Å². The molecule has 0 radical (unpaired) electrons. The maximum atomic E-state index is 4.77. The largest absolute Gasteiger partial charge is 0.360 e. The predicted molar refractivity (Wildman–Crippen MR) is 62.7 cm³/mol. The molecule has 1 fully saturated rings. The fourth-order valence-corrected chi connectivity index (χ4v) is 2.48. The van der Waals surface area contributed by atoms with Crippen molar-refractivity contribution >= 4 is 11.5 Å². The number of para-hydroxylation sites is 1. The van der Waals surface area contributed by atoms with Gasteiger partial charge in [-0.3, -0.25) is 0 Å². The lowest BCUT2D eigenvalue weighted by Gasteiger charge is -2.23. The molecule has 2 heterocycles. The van der Waals surface area contributed by atoms with Gasteiger partial charge in [-0.05, 0) is 30.9 Å². The Hall–Kier alpha value is -1.31. The minimum absolute atomic E-state index is 1.12. The topological polar surface area (TPSA) is 15.6 Å². The van der Waals surface area contributed by atoms with Crippen molar-refractivity contribution in [3.63, 3.8) is 0 Å². The van der Waals surface area contributed by atoms with Crippen molar-refractivity contribution in [3.8, 4) is 0 Å². The Morgan fingerprint density at radius 2 is 1.80 bits per heavy atom. The predicted octanol–water partition coefficient (Wildman–Crippen LogP) is 2.76. The minimum Gasteiger partial charge on any atom is -0.360 e. The minimum atomic E-state index is 1.12. The van der Waals surface area contributed by atoms with Gasteiger partial charge in [-0.25, -0.2) is 4.99 Å². The van der Waals surface area contributed by atoms with Crippen LogP contribution in [0, 0.1) is 0 Å². The van der Waals surface area contributed by atoms with E-state index in [0.29, 0.717) is 0 Å². The Morgan fingerprint density at radius 3 is 2.67 bits per heavy atom. The first-order chi connectivity index (χ1) is 7.43. The summed E-state index contributed by atoms with van der Waals surface area (Å²) in [4.78, 5) is 7.22. The van der Waals surface area contributed by atoms with Gasteiger partial charge in [-0.2, -0.15) is 0 Å². The summed E-state index contributed by atoms with van der Waals surface area (Å²) in [6, 6.07) is 8.51.